The number of nitriles is 1. The summed E-state index contributed by atoms with van der Waals surface area (Å²) in [4.78, 5) is 4.17. The highest BCUT2D eigenvalue weighted by Gasteiger charge is 2.08. The number of halogens is 2. The van der Waals surface area contributed by atoms with Crippen LogP contribution in [0.4, 0.5) is 0 Å². The Morgan fingerprint density at radius 2 is 1.83 bits per heavy atom. The molecule has 0 saturated carbocycles. The lowest BCUT2D eigenvalue weighted by Crippen LogP contribution is -1.93. The summed E-state index contributed by atoms with van der Waals surface area (Å²) in [6, 6.07) is 10.2. The van der Waals surface area contributed by atoms with Crippen LogP contribution in [0.3, 0.4) is 0 Å². The van der Waals surface area contributed by atoms with Crippen molar-refractivity contribution >= 4 is 23.2 Å². The Kier molecular flexibility index (Phi) is 3.71. The summed E-state index contributed by atoms with van der Waals surface area (Å²) in [5.41, 5.74) is 1.12. The minimum Gasteiger partial charge on any atom is -0.438 e. The maximum atomic E-state index is 8.97. The zero-order valence-corrected chi connectivity index (χ0v) is 11.0. The first-order chi connectivity index (χ1) is 8.58. The van der Waals surface area contributed by atoms with Gasteiger partial charge in [0.25, 0.3) is 0 Å². The standard InChI is InChI=1S/C13H8Cl2N2O/c1-8-2-3-9(7-16)13(17-8)18-12-5-10(14)4-11(15)6-12/h2-6H,1H3. The second-order valence-electron chi connectivity index (χ2n) is 3.62. The van der Waals surface area contributed by atoms with Crippen molar-refractivity contribution < 1.29 is 4.74 Å². The van der Waals surface area contributed by atoms with Gasteiger partial charge in [-0.15, -0.1) is 0 Å². The van der Waals surface area contributed by atoms with Gasteiger partial charge in [0.15, 0.2) is 0 Å². The summed E-state index contributed by atoms with van der Waals surface area (Å²) in [5.74, 6) is 0.693. The molecule has 3 nitrogen and oxygen atoms in total. The van der Waals surface area contributed by atoms with Crippen LogP contribution in [0.2, 0.25) is 10.0 Å². The minimum atomic E-state index is 0.246. The van der Waals surface area contributed by atoms with E-state index in [1.165, 1.54) is 0 Å². The molecule has 90 valence electrons. The Balaban J connectivity index is 2.39. The lowest BCUT2D eigenvalue weighted by atomic mass is 10.2. The summed E-state index contributed by atoms with van der Waals surface area (Å²) in [6.45, 7) is 1.82. The van der Waals surface area contributed by atoms with Crippen molar-refractivity contribution in [3.63, 3.8) is 0 Å². The highest BCUT2D eigenvalue weighted by atomic mass is 35.5. The van der Waals surface area contributed by atoms with Crippen molar-refractivity contribution in [2.45, 2.75) is 6.92 Å². The van der Waals surface area contributed by atoms with Gasteiger partial charge >= 0.3 is 0 Å². The molecule has 18 heavy (non-hydrogen) atoms. The molecule has 0 saturated heterocycles. The van der Waals surface area contributed by atoms with E-state index in [0.717, 1.165) is 5.69 Å². The number of rotatable bonds is 2. The topological polar surface area (TPSA) is 45.9 Å². The monoisotopic (exact) mass is 278 g/mol. The van der Waals surface area contributed by atoms with Crippen LogP contribution >= 0.6 is 23.2 Å². The zero-order valence-electron chi connectivity index (χ0n) is 9.45. The van der Waals surface area contributed by atoms with Crippen molar-refractivity contribution in [1.82, 2.24) is 4.98 Å². The number of aryl methyl sites for hydroxylation is 1. The quantitative estimate of drug-likeness (QED) is 0.820. The van der Waals surface area contributed by atoms with Crippen LogP contribution in [0, 0.1) is 18.3 Å². The van der Waals surface area contributed by atoms with Gasteiger partial charge in [-0.25, -0.2) is 4.98 Å². The summed E-state index contributed by atoms with van der Waals surface area (Å²) in [6.07, 6.45) is 0. The predicted molar refractivity (Wildman–Crippen MR) is 70.2 cm³/mol. The molecule has 5 heteroatoms. The Labute approximate surface area is 115 Å². The molecule has 0 unspecified atom stereocenters. The van der Waals surface area contributed by atoms with Crippen molar-refractivity contribution in [3.8, 4) is 17.7 Å². The van der Waals surface area contributed by atoms with Crippen LogP contribution in [0.1, 0.15) is 11.3 Å². The molecule has 0 radical (unpaired) electrons. The van der Waals surface area contributed by atoms with E-state index < -0.39 is 0 Å². The fourth-order valence-corrected chi connectivity index (χ4v) is 1.90. The third-order valence-electron chi connectivity index (χ3n) is 2.17. The fraction of sp³-hybridized carbons (Fsp3) is 0.0769. The van der Waals surface area contributed by atoms with Gasteiger partial charge in [-0.1, -0.05) is 23.2 Å². The van der Waals surface area contributed by atoms with E-state index in [1.54, 1.807) is 30.3 Å². The zero-order chi connectivity index (χ0) is 13.1. The van der Waals surface area contributed by atoms with Gasteiger partial charge in [-0.05, 0) is 37.3 Å². The van der Waals surface area contributed by atoms with E-state index >= 15 is 0 Å². The number of aromatic nitrogens is 1. The molecule has 0 amide bonds. The molecule has 2 aromatic rings. The molecule has 0 aliphatic carbocycles. The van der Waals surface area contributed by atoms with Crippen molar-refractivity contribution in [2.75, 3.05) is 0 Å². The van der Waals surface area contributed by atoms with Gasteiger partial charge in [-0.3, -0.25) is 0 Å². The van der Waals surface area contributed by atoms with Crippen LogP contribution < -0.4 is 4.74 Å². The number of benzene rings is 1. The minimum absolute atomic E-state index is 0.246. The third kappa shape index (κ3) is 2.92. The van der Waals surface area contributed by atoms with Crippen molar-refractivity contribution in [3.05, 3.63) is 51.6 Å². The molecule has 0 aliphatic rings. The van der Waals surface area contributed by atoms with Gasteiger partial charge in [0, 0.05) is 15.7 Å². The summed E-state index contributed by atoms with van der Waals surface area (Å²) < 4.78 is 5.54. The lowest BCUT2D eigenvalue weighted by Gasteiger charge is -2.07. The first-order valence-electron chi connectivity index (χ1n) is 5.10. The van der Waals surface area contributed by atoms with Gasteiger partial charge in [0.05, 0.1) is 0 Å². The van der Waals surface area contributed by atoms with Gasteiger partial charge in [0.1, 0.15) is 17.4 Å². The first-order valence-corrected chi connectivity index (χ1v) is 5.86. The van der Waals surface area contributed by atoms with E-state index in [0.29, 0.717) is 21.4 Å². The maximum Gasteiger partial charge on any atom is 0.237 e. The molecule has 1 heterocycles. The van der Waals surface area contributed by atoms with E-state index in [1.807, 2.05) is 13.0 Å². The summed E-state index contributed by atoms with van der Waals surface area (Å²) in [5, 5.41) is 9.90. The molecule has 1 aromatic carbocycles. The molecular formula is C13H8Cl2N2O. The van der Waals surface area contributed by atoms with Crippen LogP contribution in [-0.2, 0) is 0 Å². The summed E-state index contributed by atoms with van der Waals surface area (Å²) in [7, 11) is 0. The summed E-state index contributed by atoms with van der Waals surface area (Å²) >= 11 is 11.7. The molecule has 0 bridgehead atoms. The number of pyridine rings is 1. The number of hydrogen-bond donors (Lipinski definition) is 0. The molecule has 0 spiro atoms. The molecule has 0 N–H and O–H groups in total. The molecule has 0 atom stereocenters. The van der Waals surface area contributed by atoms with Crippen molar-refractivity contribution in [1.29, 1.82) is 5.26 Å². The molecule has 2 rings (SSSR count). The van der Waals surface area contributed by atoms with Crippen LogP contribution in [0.25, 0.3) is 0 Å². The smallest absolute Gasteiger partial charge is 0.237 e. The number of nitrogens with zero attached hydrogens (tertiary/aromatic N) is 2. The largest absolute Gasteiger partial charge is 0.438 e. The maximum absolute atomic E-state index is 8.97. The first kappa shape index (κ1) is 12.7. The van der Waals surface area contributed by atoms with Crippen LogP contribution in [0.15, 0.2) is 30.3 Å². The number of ether oxygens (including phenoxy) is 1. The number of hydrogen-bond acceptors (Lipinski definition) is 3. The van der Waals surface area contributed by atoms with E-state index in [9.17, 15) is 0 Å². The van der Waals surface area contributed by atoms with Crippen molar-refractivity contribution in [2.24, 2.45) is 0 Å². The second-order valence-corrected chi connectivity index (χ2v) is 4.50. The van der Waals surface area contributed by atoms with Crippen LogP contribution in [0.5, 0.6) is 11.6 Å². The average molecular weight is 279 g/mol. The van der Waals surface area contributed by atoms with E-state index in [4.69, 9.17) is 33.2 Å². The lowest BCUT2D eigenvalue weighted by molar-refractivity contribution is 0.460. The molecule has 1 aromatic heterocycles. The average Bonchev–Trinajstić information content (AvgIpc) is 2.27. The Morgan fingerprint density at radius 3 is 2.44 bits per heavy atom. The highest BCUT2D eigenvalue weighted by molar-refractivity contribution is 6.34. The molecular weight excluding hydrogens is 271 g/mol. The third-order valence-corrected chi connectivity index (χ3v) is 2.61. The SMILES string of the molecule is Cc1ccc(C#N)c(Oc2cc(Cl)cc(Cl)c2)n1. The highest BCUT2D eigenvalue weighted by Crippen LogP contribution is 2.29. The Bertz CT molecular complexity index is 615. The van der Waals surface area contributed by atoms with Gasteiger partial charge in [-0.2, -0.15) is 5.26 Å². The molecule has 0 aliphatic heterocycles. The Morgan fingerprint density at radius 1 is 1.17 bits per heavy atom. The fourth-order valence-electron chi connectivity index (χ4n) is 1.39. The van der Waals surface area contributed by atoms with E-state index in [2.05, 4.69) is 4.98 Å². The van der Waals surface area contributed by atoms with E-state index in [-0.39, 0.29) is 5.88 Å². The Hall–Kier alpha value is -1.76. The molecule has 0 fully saturated rings. The predicted octanol–water partition coefficient (Wildman–Crippen LogP) is 4.36. The second kappa shape index (κ2) is 5.26. The van der Waals surface area contributed by atoms with Gasteiger partial charge in [0.2, 0.25) is 5.88 Å². The van der Waals surface area contributed by atoms with Gasteiger partial charge < -0.3 is 4.74 Å². The normalized spacial score (nSPS) is 9.89. The van der Waals surface area contributed by atoms with Crippen LogP contribution in [-0.4, -0.2) is 4.98 Å².